The molecule has 1 aromatic heterocycles. The number of amides is 1. The molecular weight excluding hydrogens is 286 g/mol. The fraction of sp³-hybridized carbons (Fsp3) is 0.625. The maximum atomic E-state index is 12.4. The van der Waals surface area contributed by atoms with E-state index >= 15 is 0 Å². The minimum absolute atomic E-state index is 0.0381. The van der Waals surface area contributed by atoms with Crippen LogP contribution in [0, 0.1) is 19.8 Å². The van der Waals surface area contributed by atoms with Crippen LogP contribution in [-0.2, 0) is 9.53 Å². The Kier molecular flexibility index (Phi) is 5.56. The topological polar surface area (TPSA) is 55.4 Å². The highest BCUT2D eigenvalue weighted by molar-refractivity contribution is 7.12. The number of aryl methyl sites for hydroxylation is 2. The normalized spacial score (nSPS) is 13.1. The molecule has 1 N–H and O–H groups in total. The van der Waals surface area contributed by atoms with Crippen LogP contribution in [0.1, 0.15) is 54.7 Å². The molecule has 1 aromatic rings. The molecule has 0 aliphatic carbocycles. The van der Waals surface area contributed by atoms with Crippen molar-refractivity contribution in [2.24, 2.45) is 5.92 Å². The van der Waals surface area contributed by atoms with Crippen LogP contribution in [0.25, 0.3) is 0 Å². The largest absolute Gasteiger partial charge is 0.458 e. The Hall–Kier alpha value is -1.36. The lowest BCUT2D eigenvalue weighted by atomic mass is 10.0. The fourth-order valence-electron chi connectivity index (χ4n) is 1.94. The van der Waals surface area contributed by atoms with E-state index in [1.807, 2.05) is 54.5 Å². The van der Waals surface area contributed by atoms with Crippen molar-refractivity contribution in [1.29, 1.82) is 0 Å². The van der Waals surface area contributed by atoms with E-state index < -0.39 is 17.6 Å². The minimum atomic E-state index is -0.642. The highest BCUT2D eigenvalue weighted by Crippen LogP contribution is 2.21. The van der Waals surface area contributed by atoms with Gasteiger partial charge in [0.1, 0.15) is 11.6 Å². The quantitative estimate of drug-likeness (QED) is 0.866. The van der Waals surface area contributed by atoms with E-state index in [2.05, 4.69) is 5.32 Å². The molecule has 0 fully saturated rings. The first-order valence-corrected chi connectivity index (χ1v) is 7.93. The number of hydrogen-bond donors (Lipinski definition) is 1. The molecule has 118 valence electrons. The van der Waals surface area contributed by atoms with E-state index in [-0.39, 0.29) is 11.8 Å². The number of carbonyl (C=O) groups is 2. The van der Waals surface area contributed by atoms with Crippen molar-refractivity contribution in [3.8, 4) is 0 Å². The third-order valence-electron chi connectivity index (χ3n) is 2.90. The van der Waals surface area contributed by atoms with Crippen LogP contribution in [0.4, 0.5) is 0 Å². The maximum absolute atomic E-state index is 12.4. The van der Waals surface area contributed by atoms with Crippen molar-refractivity contribution in [3.63, 3.8) is 0 Å². The van der Waals surface area contributed by atoms with Crippen molar-refractivity contribution in [3.05, 3.63) is 21.4 Å². The Morgan fingerprint density at radius 2 is 1.81 bits per heavy atom. The Morgan fingerprint density at radius 3 is 2.19 bits per heavy atom. The third kappa shape index (κ3) is 5.16. The summed E-state index contributed by atoms with van der Waals surface area (Å²) in [6.45, 7) is 13.1. The van der Waals surface area contributed by atoms with Crippen LogP contribution in [-0.4, -0.2) is 23.5 Å². The van der Waals surface area contributed by atoms with Crippen molar-refractivity contribution in [2.45, 2.75) is 60.1 Å². The predicted molar refractivity (Wildman–Crippen MR) is 85.7 cm³/mol. The molecule has 0 unspecified atom stereocenters. The Morgan fingerprint density at radius 1 is 1.24 bits per heavy atom. The summed E-state index contributed by atoms with van der Waals surface area (Å²) in [5.41, 5.74) is 0.0656. The van der Waals surface area contributed by atoms with Gasteiger partial charge in [0.25, 0.3) is 5.91 Å². The molecule has 0 radical (unpaired) electrons. The number of nitrogens with one attached hydrogen (secondary N) is 1. The van der Waals surface area contributed by atoms with Crippen LogP contribution >= 0.6 is 11.3 Å². The molecular formula is C16H25NO3S. The van der Waals surface area contributed by atoms with Crippen LogP contribution in [0.5, 0.6) is 0 Å². The van der Waals surface area contributed by atoms with Gasteiger partial charge in [-0.2, -0.15) is 0 Å². The van der Waals surface area contributed by atoms with Gasteiger partial charge in [-0.3, -0.25) is 4.79 Å². The lowest BCUT2D eigenvalue weighted by Gasteiger charge is -2.26. The van der Waals surface area contributed by atoms with Gasteiger partial charge in [-0.1, -0.05) is 13.8 Å². The molecule has 1 amide bonds. The lowest BCUT2D eigenvalue weighted by molar-refractivity contribution is -0.158. The maximum Gasteiger partial charge on any atom is 0.329 e. The molecule has 5 heteroatoms. The monoisotopic (exact) mass is 311 g/mol. The van der Waals surface area contributed by atoms with Gasteiger partial charge in [0.05, 0.1) is 5.56 Å². The minimum Gasteiger partial charge on any atom is -0.458 e. The predicted octanol–water partition coefficient (Wildman–Crippen LogP) is 3.46. The number of ether oxygens (including phenoxy) is 1. The van der Waals surface area contributed by atoms with Gasteiger partial charge in [-0.15, -0.1) is 11.3 Å². The summed E-state index contributed by atoms with van der Waals surface area (Å²) >= 11 is 1.57. The molecule has 0 saturated heterocycles. The second-order valence-electron chi connectivity index (χ2n) is 6.56. The SMILES string of the molecule is Cc1cc(C(=O)N[C@@H](C(=O)OC(C)(C)C)C(C)C)c(C)s1. The smallest absolute Gasteiger partial charge is 0.329 e. The molecule has 0 spiro atoms. The molecule has 0 saturated carbocycles. The van der Waals surface area contributed by atoms with Crippen molar-refractivity contribution in [1.82, 2.24) is 5.32 Å². The lowest BCUT2D eigenvalue weighted by Crippen LogP contribution is -2.47. The van der Waals surface area contributed by atoms with Crippen LogP contribution in [0.2, 0.25) is 0 Å². The van der Waals surface area contributed by atoms with E-state index in [4.69, 9.17) is 4.74 Å². The second-order valence-corrected chi connectivity index (χ2v) is 8.02. The van der Waals surface area contributed by atoms with Crippen molar-refractivity contribution in [2.75, 3.05) is 0 Å². The van der Waals surface area contributed by atoms with E-state index in [1.165, 1.54) is 0 Å². The summed E-state index contributed by atoms with van der Waals surface area (Å²) in [5.74, 6) is -0.652. The molecule has 0 aliphatic rings. The molecule has 1 atom stereocenters. The summed E-state index contributed by atoms with van der Waals surface area (Å²) in [6.07, 6.45) is 0. The molecule has 0 aromatic carbocycles. The van der Waals surface area contributed by atoms with Gasteiger partial charge in [-0.05, 0) is 46.6 Å². The number of esters is 1. The molecule has 1 heterocycles. The number of thiophene rings is 1. The second kappa shape index (κ2) is 6.60. The molecule has 1 rings (SSSR count). The van der Waals surface area contributed by atoms with E-state index in [9.17, 15) is 9.59 Å². The highest BCUT2D eigenvalue weighted by Gasteiger charge is 2.30. The van der Waals surface area contributed by atoms with Crippen molar-refractivity contribution < 1.29 is 14.3 Å². The van der Waals surface area contributed by atoms with Gasteiger partial charge in [-0.25, -0.2) is 4.79 Å². The van der Waals surface area contributed by atoms with Gasteiger partial charge >= 0.3 is 5.97 Å². The Labute approximate surface area is 130 Å². The van der Waals surface area contributed by atoms with Crippen LogP contribution in [0.3, 0.4) is 0 Å². The first kappa shape index (κ1) is 17.7. The molecule has 0 bridgehead atoms. The van der Waals surface area contributed by atoms with Gasteiger partial charge in [0, 0.05) is 9.75 Å². The zero-order valence-electron chi connectivity index (χ0n) is 13.9. The average Bonchev–Trinajstić information content (AvgIpc) is 2.62. The van der Waals surface area contributed by atoms with E-state index in [0.29, 0.717) is 5.56 Å². The summed E-state index contributed by atoms with van der Waals surface area (Å²) in [6, 6.07) is 1.21. The fourth-order valence-corrected chi connectivity index (χ4v) is 2.86. The van der Waals surface area contributed by atoms with E-state index in [1.54, 1.807) is 11.3 Å². The van der Waals surface area contributed by atoms with Crippen LogP contribution in [0.15, 0.2) is 6.07 Å². The third-order valence-corrected chi connectivity index (χ3v) is 3.87. The zero-order valence-corrected chi connectivity index (χ0v) is 14.7. The standard InChI is InChI=1S/C16H25NO3S/c1-9(2)13(15(19)20-16(5,6)7)17-14(18)12-8-10(3)21-11(12)4/h8-9,13H,1-7H3,(H,17,18)/t13-/m1/s1. The van der Waals surface area contributed by atoms with Gasteiger partial charge in [0.15, 0.2) is 0 Å². The summed E-state index contributed by atoms with van der Waals surface area (Å²) < 4.78 is 5.38. The summed E-state index contributed by atoms with van der Waals surface area (Å²) in [7, 11) is 0. The molecule has 0 aliphatic heterocycles. The average molecular weight is 311 g/mol. The summed E-state index contributed by atoms with van der Waals surface area (Å²) in [4.78, 5) is 26.6. The molecule has 4 nitrogen and oxygen atoms in total. The molecule has 21 heavy (non-hydrogen) atoms. The first-order valence-electron chi connectivity index (χ1n) is 7.12. The van der Waals surface area contributed by atoms with Gasteiger partial charge < -0.3 is 10.1 Å². The Balaban J connectivity index is 2.86. The highest BCUT2D eigenvalue weighted by atomic mass is 32.1. The van der Waals surface area contributed by atoms with Crippen LogP contribution < -0.4 is 5.32 Å². The summed E-state index contributed by atoms with van der Waals surface area (Å²) in [5, 5.41) is 2.80. The van der Waals surface area contributed by atoms with Crippen molar-refractivity contribution >= 4 is 23.2 Å². The number of hydrogen-bond acceptors (Lipinski definition) is 4. The zero-order chi connectivity index (χ0) is 16.4. The van der Waals surface area contributed by atoms with E-state index in [0.717, 1.165) is 9.75 Å². The number of carbonyl (C=O) groups excluding carboxylic acids is 2. The number of rotatable bonds is 4. The Bertz CT molecular complexity index is 526. The first-order chi connectivity index (χ1) is 9.51. The van der Waals surface area contributed by atoms with Gasteiger partial charge in [0.2, 0.25) is 0 Å².